The van der Waals surface area contributed by atoms with E-state index in [0.717, 1.165) is 19.8 Å². The number of halogens is 5. The molecule has 0 aliphatic rings. The second-order valence-corrected chi connectivity index (χ2v) is 13.2. The standard InChI is InChI=1S/C14H9Cl5.C6H12N2S4/c15-11-5-1-9(2-6-11)13(14(17,18)19)10-3-7-12(16)8-4-10;1-7(2)5(9)11-12-6(10)8(3)4/h1-8,13H;1-4H3. The first-order chi connectivity index (χ1) is 14.3. The number of nitrogens with zero attached hydrogens (tertiary/aromatic N) is 2. The molecule has 0 saturated heterocycles. The van der Waals surface area contributed by atoms with Crippen LogP contribution in [0.3, 0.4) is 0 Å². The van der Waals surface area contributed by atoms with E-state index in [-0.39, 0.29) is 5.92 Å². The van der Waals surface area contributed by atoms with E-state index in [1.54, 1.807) is 24.3 Å². The maximum absolute atomic E-state index is 6.11. The first-order valence-electron chi connectivity index (χ1n) is 8.67. The SMILES string of the molecule is CN(C)C(=S)SSC(=S)N(C)C.Clc1ccc(C(c2ccc(Cl)cc2)C(Cl)(Cl)Cl)cc1. The summed E-state index contributed by atoms with van der Waals surface area (Å²) in [5.74, 6) is -0.382. The molecule has 0 N–H and O–H groups in total. The van der Waals surface area contributed by atoms with Crippen LogP contribution in [-0.4, -0.2) is 50.4 Å². The lowest BCUT2D eigenvalue weighted by Crippen LogP contribution is -2.18. The fraction of sp³-hybridized carbons (Fsp3) is 0.300. The highest BCUT2D eigenvalue weighted by Crippen LogP contribution is 2.45. The van der Waals surface area contributed by atoms with Crippen molar-refractivity contribution in [1.82, 2.24) is 9.80 Å². The molecule has 2 rings (SSSR count). The molecular formula is C20H21Cl5N2S4. The summed E-state index contributed by atoms with van der Waals surface area (Å²) < 4.78 is 0.218. The molecule has 2 nitrogen and oxygen atoms in total. The molecular weight excluding hydrogens is 574 g/mol. The Morgan fingerprint density at radius 3 is 1.23 bits per heavy atom. The van der Waals surface area contributed by atoms with Gasteiger partial charge in [0, 0.05) is 38.2 Å². The van der Waals surface area contributed by atoms with Crippen LogP contribution < -0.4 is 0 Å². The van der Waals surface area contributed by atoms with Crippen LogP contribution >= 0.6 is 104 Å². The lowest BCUT2D eigenvalue weighted by molar-refractivity contribution is 0.647. The van der Waals surface area contributed by atoms with Gasteiger partial charge in [-0.2, -0.15) is 0 Å². The van der Waals surface area contributed by atoms with Gasteiger partial charge < -0.3 is 9.80 Å². The summed E-state index contributed by atoms with van der Waals surface area (Å²) in [6, 6.07) is 14.5. The Morgan fingerprint density at radius 2 is 1.00 bits per heavy atom. The zero-order chi connectivity index (χ0) is 23.8. The average molecular weight is 595 g/mol. The van der Waals surface area contributed by atoms with Crippen LogP contribution in [0.25, 0.3) is 0 Å². The van der Waals surface area contributed by atoms with Crippen molar-refractivity contribution in [3.8, 4) is 0 Å². The van der Waals surface area contributed by atoms with Crippen LogP contribution in [0.5, 0.6) is 0 Å². The monoisotopic (exact) mass is 592 g/mol. The predicted molar refractivity (Wildman–Crippen MR) is 153 cm³/mol. The topological polar surface area (TPSA) is 6.48 Å². The van der Waals surface area contributed by atoms with Crippen LogP contribution in [0, 0.1) is 0 Å². The molecule has 31 heavy (non-hydrogen) atoms. The van der Waals surface area contributed by atoms with E-state index in [1.165, 1.54) is 21.6 Å². The highest BCUT2D eigenvalue weighted by atomic mass is 35.6. The molecule has 2 aromatic carbocycles. The molecule has 2 aromatic rings. The van der Waals surface area contributed by atoms with E-state index < -0.39 is 3.79 Å². The molecule has 0 heterocycles. The number of benzene rings is 2. The van der Waals surface area contributed by atoms with Gasteiger partial charge in [-0.05, 0) is 57.0 Å². The Balaban J connectivity index is 0.000000348. The molecule has 11 heteroatoms. The molecule has 0 fully saturated rings. The summed E-state index contributed by atoms with van der Waals surface area (Å²) in [5.41, 5.74) is 1.76. The average Bonchev–Trinajstić information content (AvgIpc) is 2.68. The number of alkyl halides is 3. The van der Waals surface area contributed by atoms with Crippen molar-refractivity contribution in [1.29, 1.82) is 0 Å². The van der Waals surface area contributed by atoms with Crippen LogP contribution in [-0.2, 0) is 0 Å². The first-order valence-corrected chi connectivity index (χ1v) is 13.5. The van der Waals surface area contributed by atoms with Crippen LogP contribution in [0.2, 0.25) is 10.0 Å². The van der Waals surface area contributed by atoms with Gasteiger partial charge in [-0.1, -0.05) is 107 Å². The number of hydrogen-bond donors (Lipinski definition) is 0. The van der Waals surface area contributed by atoms with E-state index in [4.69, 9.17) is 82.4 Å². The van der Waals surface area contributed by atoms with E-state index in [0.29, 0.717) is 10.0 Å². The number of rotatable bonds is 2. The van der Waals surface area contributed by atoms with Gasteiger partial charge in [0.1, 0.15) is 8.64 Å². The van der Waals surface area contributed by atoms with Crippen molar-refractivity contribution in [3.05, 3.63) is 69.7 Å². The van der Waals surface area contributed by atoms with Crippen molar-refractivity contribution in [2.45, 2.75) is 9.71 Å². The van der Waals surface area contributed by atoms with E-state index >= 15 is 0 Å². The zero-order valence-electron chi connectivity index (χ0n) is 17.1. The molecule has 0 aromatic heterocycles. The zero-order valence-corrected chi connectivity index (χ0v) is 24.2. The Labute approximate surface area is 228 Å². The Morgan fingerprint density at radius 1 is 0.710 bits per heavy atom. The summed E-state index contributed by atoms with van der Waals surface area (Å²) in [6.07, 6.45) is 0. The third-order valence-corrected chi connectivity index (χ3v) is 8.97. The van der Waals surface area contributed by atoms with Crippen LogP contribution in [0.4, 0.5) is 0 Å². The van der Waals surface area contributed by atoms with Gasteiger partial charge in [-0.25, -0.2) is 0 Å². The minimum atomic E-state index is -1.46. The smallest absolute Gasteiger partial charge is 0.201 e. The molecule has 170 valence electrons. The van der Waals surface area contributed by atoms with Gasteiger partial charge in [0.15, 0.2) is 0 Å². The lowest BCUT2D eigenvalue weighted by Gasteiger charge is -2.25. The van der Waals surface area contributed by atoms with Crippen LogP contribution in [0.1, 0.15) is 17.0 Å². The number of hydrogen-bond acceptors (Lipinski definition) is 4. The molecule has 0 aliphatic heterocycles. The molecule has 0 bridgehead atoms. The molecule has 0 saturated carbocycles. The van der Waals surface area contributed by atoms with E-state index in [1.807, 2.05) is 62.3 Å². The second-order valence-electron chi connectivity index (χ2n) is 6.57. The Hall–Kier alpha value is 0.370. The predicted octanol–water partition coefficient (Wildman–Crippen LogP) is 8.56. The second kappa shape index (κ2) is 13.9. The molecule has 0 aliphatic carbocycles. The minimum Gasteiger partial charge on any atom is -0.363 e. The summed E-state index contributed by atoms with van der Waals surface area (Å²) in [7, 11) is 10.7. The van der Waals surface area contributed by atoms with E-state index in [9.17, 15) is 0 Å². The number of thiocarbonyl (C=S) groups is 2. The third-order valence-electron chi connectivity index (χ3n) is 3.65. The first kappa shape index (κ1) is 29.4. The summed E-state index contributed by atoms with van der Waals surface area (Å²) in [6.45, 7) is 0. The largest absolute Gasteiger partial charge is 0.363 e. The fourth-order valence-corrected chi connectivity index (χ4v) is 5.48. The Bertz CT molecular complexity index is 788. The minimum absolute atomic E-state index is 0.382. The molecule has 0 amide bonds. The molecule has 0 spiro atoms. The maximum Gasteiger partial charge on any atom is 0.201 e. The third kappa shape index (κ3) is 10.9. The van der Waals surface area contributed by atoms with Gasteiger partial charge in [-0.15, -0.1) is 0 Å². The van der Waals surface area contributed by atoms with Gasteiger partial charge in [-0.3, -0.25) is 0 Å². The molecule has 0 atom stereocenters. The quantitative estimate of drug-likeness (QED) is 0.194. The van der Waals surface area contributed by atoms with Gasteiger partial charge >= 0.3 is 0 Å². The van der Waals surface area contributed by atoms with Gasteiger partial charge in [0.25, 0.3) is 0 Å². The maximum atomic E-state index is 6.11. The summed E-state index contributed by atoms with van der Waals surface area (Å²) >= 11 is 40.2. The van der Waals surface area contributed by atoms with Gasteiger partial charge in [0.2, 0.25) is 3.79 Å². The molecule has 0 radical (unpaired) electrons. The Kier molecular flexibility index (Phi) is 13.2. The van der Waals surface area contributed by atoms with Crippen molar-refractivity contribution in [2.24, 2.45) is 0 Å². The van der Waals surface area contributed by atoms with Gasteiger partial charge in [0.05, 0.1) is 5.92 Å². The van der Waals surface area contributed by atoms with Crippen LogP contribution in [0.15, 0.2) is 48.5 Å². The van der Waals surface area contributed by atoms with E-state index in [2.05, 4.69) is 0 Å². The summed E-state index contributed by atoms with van der Waals surface area (Å²) in [5, 5.41) is 1.28. The summed E-state index contributed by atoms with van der Waals surface area (Å²) in [4.78, 5) is 3.79. The molecule has 0 unspecified atom stereocenters. The fourth-order valence-electron chi connectivity index (χ4n) is 2.10. The van der Waals surface area contributed by atoms with Crippen molar-refractivity contribution >= 4 is 113 Å². The lowest BCUT2D eigenvalue weighted by atomic mass is 9.92. The highest BCUT2D eigenvalue weighted by molar-refractivity contribution is 8.89. The van der Waals surface area contributed by atoms with Crippen molar-refractivity contribution in [3.63, 3.8) is 0 Å². The van der Waals surface area contributed by atoms with Crippen molar-refractivity contribution < 1.29 is 0 Å². The van der Waals surface area contributed by atoms with Crippen molar-refractivity contribution in [2.75, 3.05) is 28.2 Å². The highest BCUT2D eigenvalue weighted by Gasteiger charge is 2.35. The normalized spacial score (nSPS) is 10.9.